The van der Waals surface area contributed by atoms with Crippen molar-refractivity contribution in [3.63, 3.8) is 0 Å². The van der Waals surface area contributed by atoms with Gasteiger partial charge in [-0.3, -0.25) is 9.36 Å². The van der Waals surface area contributed by atoms with Gasteiger partial charge in [0.25, 0.3) is 5.56 Å². The van der Waals surface area contributed by atoms with Crippen molar-refractivity contribution in [2.45, 2.75) is 25.5 Å². The van der Waals surface area contributed by atoms with Gasteiger partial charge in [-0.1, -0.05) is 37.7 Å². The number of aromatic hydroxyl groups is 1. The highest BCUT2D eigenvalue weighted by molar-refractivity contribution is 7.99. The molecule has 0 saturated carbocycles. The van der Waals surface area contributed by atoms with Crippen LogP contribution in [0.3, 0.4) is 0 Å². The molecular formula is C16H19FN2O3S. The van der Waals surface area contributed by atoms with Crippen molar-refractivity contribution in [1.29, 1.82) is 0 Å². The number of nitrogens with zero attached hydrogens (tertiary/aromatic N) is 2. The van der Waals surface area contributed by atoms with Crippen molar-refractivity contribution in [2.75, 3.05) is 12.4 Å². The van der Waals surface area contributed by atoms with Crippen LogP contribution in [0.2, 0.25) is 0 Å². The van der Waals surface area contributed by atoms with Crippen molar-refractivity contribution < 1.29 is 14.2 Å². The molecule has 0 bridgehead atoms. The van der Waals surface area contributed by atoms with E-state index in [9.17, 15) is 14.3 Å². The van der Waals surface area contributed by atoms with E-state index in [0.717, 1.165) is 6.07 Å². The highest BCUT2D eigenvalue weighted by atomic mass is 32.2. The highest BCUT2D eigenvalue weighted by Crippen LogP contribution is 2.19. The van der Waals surface area contributed by atoms with Crippen molar-refractivity contribution in [3.05, 3.63) is 46.5 Å². The molecule has 0 amide bonds. The molecule has 7 heteroatoms. The summed E-state index contributed by atoms with van der Waals surface area (Å²) in [5, 5.41) is 9.94. The Balaban J connectivity index is 2.00. The molecule has 0 unspecified atom stereocenters. The zero-order valence-corrected chi connectivity index (χ0v) is 13.8. The van der Waals surface area contributed by atoms with Crippen LogP contribution < -0.4 is 10.3 Å². The van der Waals surface area contributed by atoms with E-state index in [4.69, 9.17) is 4.74 Å². The molecule has 0 atom stereocenters. The second-order valence-corrected chi connectivity index (χ2v) is 6.43. The van der Waals surface area contributed by atoms with Gasteiger partial charge in [0.15, 0.2) is 16.7 Å². The molecule has 0 aliphatic carbocycles. The van der Waals surface area contributed by atoms with Crippen LogP contribution in [0.25, 0.3) is 0 Å². The lowest BCUT2D eigenvalue weighted by atomic mass is 10.2. The molecule has 2 rings (SSSR count). The second-order valence-electron chi connectivity index (χ2n) is 5.37. The number of halogens is 1. The lowest BCUT2D eigenvalue weighted by Gasteiger charge is -2.13. The number of rotatable bonds is 7. The largest absolute Gasteiger partial charge is 0.493 e. The lowest BCUT2D eigenvalue weighted by Crippen LogP contribution is -2.24. The molecule has 1 N–H and O–H groups in total. The van der Waals surface area contributed by atoms with Crippen LogP contribution in [0.1, 0.15) is 13.8 Å². The van der Waals surface area contributed by atoms with Gasteiger partial charge in [0.05, 0.1) is 12.7 Å². The first-order chi connectivity index (χ1) is 11.0. The van der Waals surface area contributed by atoms with Crippen molar-refractivity contribution in [1.82, 2.24) is 9.55 Å². The van der Waals surface area contributed by atoms with E-state index in [0.29, 0.717) is 17.5 Å². The minimum absolute atomic E-state index is 0.191. The molecule has 0 aliphatic heterocycles. The zero-order valence-electron chi connectivity index (χ0n) is 13.0. The Morgan fingerprint density at radius 2 is 2.13 bits per heavy atom. The second kappa shape index (κ2) is 8.01. The number of aromatic nitrogens is 2. The van der Waals surface area contributed by atoms with E-state index < -0.39 is 5.82 Å². The molecule has 124 valence electrons. The van der Waals surface area contributed by atoms with E-state index in [2.05, 4.69) is 4.98 Å². The summed E-state index contributed by atoms with van der Waals surface area (Å²) in [5.41, 5.74) is -0.288. The fourth-order valence-electron chi connectivity index (χ4n) is 1.96. The number of thioether (sulfide) groups is 1. The first-order valence-corrected chi connectivity index (χ1v) is 8.27. The summed E-state index contributed by atoms with van der Waals surface area (Å²) in [4.78, 5) is 16.0. The Kier molecular flexibility index (Phi) is 6.04. The van der Waals surface area contributed by atoms with E-state index in [1.165, 1.54) is 22.4 Å². The summed E-state index contributed by atoms with van der Waals surface area (Å²) in [6.07, 6.45) is 0. The van der Waals surface area contributed by atoms with Gasteiger partial charge in [-0.25, -0.2) is 4.39 Å². The van der Waals surface area contributed by atoms with Crippen LogP contribution in [-0.2, 0) is 6.54 Å². The fraction of sp³-hybridized carbons (Fsp3) is 0.375. The maximum Gasteiger partial charge on any atom is 0.257 e. The van der Waals surface area contributed by atoms with Gasteiger partial charge in [0.1, 0.15) is 0 Å². The number of ether oxygens (including phenoxy) is 1. The van der Waals surface area contributed by atoms with Crippen LogP contribution >= 0.6 is 11.8 Å². The molecular weight excluding hydrogens is 319 g/mol. The van der Waals surface area contributed by atoms with Gasteiger partial charge in [0.2, 0.25) is 5.88 Å². The number of hydrogen-bond acceptors (Lipinski definition) is 5. The SMILES string of the molecule is CC(C)Cn1c(SCCOc2ccccc2F)nc(O)cc1=O. The predicted octanol–water partition coefficient (Wildman–Crippen LogP) is 2.92. The Morgan fingerprint density at radius 1 is 1.39 bits per heavy atom. The Labute approximate surface area is 138 Å². The van der Waals surface area contributed by atoms with Crippen molar-refractivity contribution >= 4 is 11.8 Å². The molecule has 0 fully saturated rings. The minimum Gasteiger partial charge on any atom is -0.493 e. The quantitative estimate of drug-likeness (QED) is 0.478. The Hall–Kier alpha value is -2.02. The molecule has 1 aromatic heterocycles. The molecule has 0 spiro atoms. The third-order valence-corrected chi connectivity index (χ3v) is 3.86. The molecule has 1 heterocycles. The molecule has 0 aliphatic rings. The molecule has 0 saturated heterocycles. The highest BCUT2D eigenvalue weighted by Gasteiger charge is 2.11. The van der Waals surface area contributed by atoms with Gasteiger partial charge in [-0.05, 0) is 18.1 Å². The van der Waals surface area contributed by atoms with Crippen LogP contribution in [0, 0.1) is 11.7 Å². The number of hydrogen-bond donors (Lipinski definition) is 1. The maximum atomic E-state index is 13.4. The average Bonchev–Trinajstić information content (AvgIpc) is 2.48. The first kappa shape index (κ1) is 17.3. The van der Waals surface area contributed by atoms with Crippen LogP contribution in [0.15, 0.2) is 40.3 Å². The normalized spacial score (nSPS) is 11.0. The molecule has 2 aromatic rings. The van der Waals surface area contributed by atoms with Gasteiger partial charge in [0, 0.05) is 12.3 Å². The Morgan fingerprint density at radius 3 is 2.83 bits per heavy atom. The Bertz CT molecular complexity index is 719. The first-order valence-electron chi connectivity index (χ1n) is 7.28. The molecule has 1 aromatic carbocycles. The summed E-state index contributed by atoms with van der Waals surface area (Å²) < 4.78 is 20.3. The third kappa shape index (κ3) is 4.99. The fourth-order valence-corrected chi connectivity index (χ4v) is 2.79. The van der Waals surface area contributed by atoms with Gasteiger partial charge < -0.3 is 9.84 Å². The monoisotopic (exact) mass is 338 g/mol. The lowest BCUT2D eigenvalue weighted by molar-refractivity contribution is 0.324. The molecule has 0 radical (unpaired) electrons. The summed E-state index contributed by atoms with van der Waals surface area (Å²) in [5.74, 6) is 0.226. The van der Waals surface area contributed by atoms with Crippen LogP contribution in [0.4, 0.5) is 4.39 Å². The summed E-state index contributed by atoms with van der Waals surface area (Å²) in [7, 11) is 0. The maximum absolute atomic E-state index is 13.4. The molecule has 5 nitrogen and oxygen atoms in total. The number of para-hydroxylation sites is 1. The number of benzene rings is 1. The zero-order chi connectivity index (χ0) is 16.8. The summed E-state index contributed by atoms with van der Waals surface area (Å²) in [6.45, 7) is 4.77. The standard InChI is InChI=1S/C16H19FN2O3S/c1-11(2)10-19-15(21)9-14(20)18-16(19)23-8-7-22-13-6-4-3-5-12(13)17/h3-6,9,11,20H,7-8,10H2,1-2H3. The van der Waals surface area contributed by atoms with E-state index in [1.54, 1.807) is 18.2 Å². The summed E-state index contributed by atoms with van der Waals surface area (Å²) >= 11 is 1.29. The van der Waals surface area contributed by atoms with Gasteiger partial charge in [-0.2, -0.15) is 4.98 Å². The van der Waals surface area contributed by atoms with E-state index >= 15 is 0 Å². The van der Waals surface area contributed by atoms with Gasteiger partial charge >= 0.3 is 0 Å². The summed E-state index contributed by atoms with van der Waals surface area (Å²) in [6, 6.07) is 7.28. The third-order valence-electron chi connectivity index (χ3n) is 2.92. The predicted molar refractivity (Wildman–Crippen MR) is 87.6 cm³/mol. The van der Waals surface area contributed by atoms with Crippen LogP contribution in [-0.4, -0.2) is 27.0 Å². The van der Waals surface area contributed by atoms with E-state index in [1.807, 2.05) is 13.8 Å². The van der Waals surface area contributed by atoms with Crippen molar-refractivity contribution in [2.24, 2.45) is 5.92 Å². The molecule has 23 heavy (non-hydrogen) atoms. The van der Waals surface area contributed by atoms with E-state index in [-0.39, 0.29) is 29.7 Å². The minimum atomic E-state index is -0.412. The topological polar surface area (TPSA) is 64.3 Å². The average molecular weight is 338 g/mol. The van der Waals surface area contributed by atoms with Crippen LogP contribution in [0.5, 0.6) is 11.6 Å². The van der Waals surface area contributed by atoms with Crippen molar-refractivity contribution in [3.8, 4) is 11.6 Å². The smallest absolute Gasteiger partial charge is 0.257 e. The van der Waals surface area contributed by atoms with Gasteiger partial charge in [-0.15, -0.1) is 0 Å².